The van der Waals surface area contributed by atoms with Crippen molar-refractivity contribution in [1.29, 1.82) is 0 Å². The van der Waals surface area contributed by atoms with Crippen LogP contribution in [0.5, 0.6) is 11.5 Å². The summed E-state index contributed by atoms with van der Waals surface area (Å²) < 4.78 is 9.85. The third kappa shape index (κ3) is 4.60. The van der Waals surface area contributed by atoms with Crippen LogP contribution < -0.4 is 15.0 Å². The van der Waals surface area contributed by atoms with E-state index in [1.165, 1.54) is 0 Å². The number of benzene rings is 2. The molecule has 0 aliphatic heterocycles. The van der Waals surface area contributed by atoms with Crippen LogP contribution in [0.4, 0.5) is 4.79 Å². The lowest BCUT2D eigenvalue weighted by Crippen LogP contribution is -2.36. The molecule has 1 unspecified atom stereocenters. The highest BCUT2D eigenvalue weighted by Crippen LogP contribution is 2.10. The largest absolute Gasteiger partial charge is 0.533 e. The van der Waals surface area contributed by atoms with Gasteiger partial charge in [0.1, 0.15) is 11.5 Å². The monoisotopic (exact) mass is 275 g/mol. The Morgan fingerprint density at radius 1 is 0.950 bits per heavy atom. The van der Waals surface area contributed by atoms with Crippen molar-refractivity contribution >= 4 is 6.16 Å². The lowest BCUT2D eigenvalue weighted by atomic mass is 10.3. The summed E-state index contributed by atoms with van der Waals surface area (Å²) in [5.74, 6) is 0.755. The molecular weight excluding hydrogens is 262 g/mol. The molecule has 104 valence electrons. The molecule has 0 aliphatic carbocycles. The number of hydroxylamine groups is 1. The molecule has 0 saturated heterocycles. The van der Waals surface area contributed by atoms with Gasteiger partial charge >= 0.3 is 6.16 Å². The summed E-state index contributed by atoms with van der Waals surface area (Å²) in [6.07, 6.45) is -2.51. The third-order valence-corrected chi connectivity index (χ3v) is 2.18. The molecule has 0 bridgehead atoms. The molecule has 0 amide bonds. The molecule has 1 atom stereocenters. The highest BCUT2D eigenvalue weighted by molar-refractivity contribution is 5.63. The van der Waals surface area contributed by atoms with Crippen molar-refractivity contribution < 1.29 is 24.2 Å². The fourth-order valence-electron chi connectivity index (χ4n) is 1.36. The Hall–Kier alpha value is -2.57. The number of hydrogen-bond donors (Lipinski definition) is 2. The maximum absolute atomic E-state index is 11.3. The van der Waals surface area contributed by atoms with Crippen molar-refractivity contribution in [2.24, 2.45) is 0 Å². The molecule has 0 fully saturated rings. The number of carbonyl (C=O) groups excluding carboxylic acids is 1. The maximum atomic E-state index is 11.3. The lowest BCUT2D eigenvalue weighted by Gasteiger charge is -2.13. The molecule has 0 aromatic heterocycles. The number of para-hydroxylation sites is 2. The van der Waals surface area contributed by atoms with E-state index in [-0.39, 0.29) is 0 Å². The molecule has 6 heteroatoms. The minimum atomic E-state index is -1.50. The second kappa shape index (κ2) is 7.13. The molecule has 2 aromatic rings. The van der Waals surface area contributed by atoms with Crippen LogP contribution in [0.3, 0.4) is 0 Å². The van der Waals surface area contributed by atoms with Crippen LogP contribution in [0.2, 0.25) is 0 Å². The van der Waals surface area contributed by atoms with E-state index in [0.29, 0.717) is 11.5 Å². The Labute approximate surface area is 115 Å². The van der Waals surface area contributed by atoms with Crippen molar-refractivity contribution in [1.82, 2.24) is 5.48 Å². The summed E-state index contributed by atoms with van der Waals surface area (Å²) in [4.78, 5) is 15.8. The van der Waals surface area contributed by atoms with E-state index >= 15 is 0 Å². The molecule has 6 nitrogen and oxygen atoms in total. The number of aliphatic hydroxyl groups is 1. The predicted octanol–water partition coefficient (Wildman–Crippen LogP) is 2.06. The van der Waals surface area contributed by atoms with Gasteiger partial charge in [0.05, 0.1) is 0 Å². The van der Waals surface area contributed by atoms with Gasteiger partial charge in [-0.3, -0.25) is 0 Å². The van der Waals surface area contributed by atoms with Crippen LogP contribution in [0.1, 0.15) is 0 Å². The summed E-state index contributed by atoms with van der Waals surface area (Å²) in [6.45, 7) is 0. The maximum Gasteiger partial charge on any atom is 0.533 e. The molecule has 0 radical (unpaired) electrons. The highest BCUT2D eigenvalue weighted by atomic mass is 16.8. The summed E-state index contributed by atoms with van der Waals surface area (Å²) >= 11 is 0. The Kier molecular flexibility index (Phi) is 4.94. The fourth-order valence-corrected chi connectivity index (χ4v) is 1.36. The smallest absolute Gasteiger partial charge is 0.449 e. The van der Waals surface area contributed by atoms with Crippen LogP contribution in [-0.4, -0.2) is 17.7 Å². The first-order valence-corrected chi connectivity index (χ1v) is 5.83. The standard InChI is InChI=1S/C14H13NO5/c16-13(18-11-7-3-1-4-8-11)15-20-14(17)19-12-9-5-2-6-10-12/h1-10,13,15-16H. The van der Waals surface area contributed by atoms with Gasteiger partial charge < -0.3 is 19.4 Å². The van der Waals surface area contributed by atoms with Crippen LogP contribution in [0.25, 0.3) is 0 Å². The first kappa shape index (κ1) is 13.9. The minimum Gasteiger partial charge on any atom is -0.449 e. The molecule has 0 spiro atoms. The van der Waals surface area contributed by atoms with Crippen molar-refractivity contribution in [2.75, 3.05) is 0 Å². The van der Waals surface area contributed by atoms with E-state index < -0.39 is 12.6 Å². The predicted molar refractivity (Wildman–Crippen MR) is 69.8 cm³/mol. The second-order valence-electron chi connectivity index (χ2n) is 3.67. The van der Waals surface area contributed by atoms with Gasteiger partial charge in [-0.2, -0.15) is 0 Å². The van der Waals surface area contributed by atoms with E-state index in [0.717, 1.165) is 0 Å². The molecule has 2 N–H and O–H groups in total. The number of hydrogen-bond acceptors (Lipinski definition) is 6. The Morgan fingerprint density at radius 3 is 2.10 bits per heavy atom. The van der Waals surface area contributed by atoms with Gasteiger partial charge in [0.15, 0.2) is 0 Å². The first-order valence-electron chi connectivity index (χ1n) is 5.83. The number of rotatable bonds is 5. The van der Waals surface area contributed by atoms with Gasteiger partial charge in [-0.25, -0.2) is 4.79 Å². The number of aliphatic hydroxyl groups excluding tert-OH is 1. The average molecular weight is 275 g/mol. The zero-order valence-electron chi connectivity index (χ0n) is 10.4. The van der Waals surface area contributed by atoms with Gasteiger partial charge in [0.2, 0.25) is 0 Å². The van der Waals surface area contributed by atoms with Gasteiger partial charge in [-0.15, -0.1) is 0 Å². The van der Waals surface area contributed by atoms with Gasteiger partial charge in [0.25, 0.3) is 6.41 Å². The van der Waals surface area contributed by atoms with Crippen LogP contribution in [0.15, 0.2) is 60.7 Å². The van der Waals surface area contributed by atoms with Crippen molar-refractivity contribution in [3.63, 3.8) is 0 Å². The van der Waals surface area contributed by atoms with E-state index in [1.807, 2.05) is 5.48 Å². The number of ether oxygens (including phenoxy) is 2. The van der Waals surface area contributed by atoms with Crippen molar-refractivity contribution in [3.05, 3.63) is 60.7 Å². The normalized spacial score (nSPS) is 11.4. The SMILES string of the molecule is O=C(ONC(O)Oc1ccccc1)Oc1ccccc1. The third-order valence-electron chi connectivity index (χ3n) is 2.18. The molecular formula is C14H13NO5. The molecule has 0 aliphatic rings. The fraction of sp³-hybridized carbons (Fsp3) is 0.0714. The van der Waals surface area contributed by atoms with Crippen LogP contribution in [0, 0.1) is 0 Å². The molecule has 2 rings (SSSR count). The Morgan fingerprint density at radius 2 is 1.50 bits per heavy atom. The van der Waals surface area contributed by atoms with Crippen LogP contribution >= 0.6 is 0 Å². The topological polar surface area (TPSA) is 77.0 Å². The summed E-state index contributed by atoms with van der Waals surface area (Å²) in [7, 11) is 0. The van der Waals surface area contributed by atoms with Gasteiger partial charge in [-0.1, -0.05) is 41.9 Å². The summed E-state index contributed by atoms with van der Waals surface area (Å²) in [6, 6.07) is 17.0. The average Bonchev–Trinajstić information content (AvgIpc) is 2.47. The van der Waals surface area contributed by atoms with E-state index in [4.69, 9.17) is 9.47 Å². The molecule has 2 aromatic carbocycles. The highest BCUT2D eigenvalue weighted by Gasteiger charge is 2.11. The van der Waals surface area contributed by atoms with E-state index in [9.17, 15) is 9.90 Å². The van der Waals surface area contributed by atoms with E-state index in [2.05, 4.69) is 4.84 Å². The summed E-state index contributed by atoms with van der Waals surface area (Å²) in [5.41, 5.74) is 2.01. The summed E-state index contributed by atoms with van der Waals surface area (Å²) in [5, 5.41) is 9.45. The van der Waals surface area contributed by atoms with E-state index in [1.54, 1.807) is 60.7 Å². The molecule has 0 saturated carbocycles. The van der Waals surface area contributed by atoms with Gasteiger partial charge in [0, 0.05) is 0 Å². The number of carbonyl (C=O) groups is 1. The van der Waals surface area contributed by atoms with Crippen molar-refractivity contribution in [3.8, 4) is 11.5 Å². The zero-order chi connectivity index (χ0) is 14.2. The van der Waals surface area contributed by atoms with Gasteiger partial charge in [-0.05, 0) is 24.3 Å². The Bertz CT molecular complexity index is 532. The second-order valence-corrected chi connectivity index (χ2v) is 3.67. The quantitative estimate of drug-likeness (QED) is 0.376. The first-order chi connectivity index (χ1) is 9.74. The number of nitrogens with one attached hydrogen (secondary N) is 1. The van der Waals surface area contributed by atoms with Crippen LogP contribution in [-0.2, 0) is 4.84 Å². The zero-order valence-corrected chi connectivity index (χ0v) is 10.4. The molecule has 0 heterocycles. The van der Waals surface area contributed by atoms with Crippen molar-refractivity contribution in [2.45, 2.75) is 6.41 Å². The Balaban J connectivity index is 1.73. The minimum absolute atomic E-state index is 0.331. The molecule has 20 heavy (non-hydrogen) atoms. The lowest BCUT2D eigenvalue weighted by molar-refractivity contribution is -0.128.